The molecule has 0 saturated carbocycles. The van der Waals surface area contributed by atoms with Crippen LogP contribution >= 0.6 is 6.34 Å². The predicted molar refractivity (Wildman–Crippen MR) is 62.4 cm³/mol. The Morgan fingerprint density at radius 3 is 2.62 bits per heavy atom. The molecule has 0 amide bonds. The zero-order valence-electron chi connectivity index (χ0n) is 8.53. The maximum Gasteiger partial charge on any atom is 0.0768 e. The predicted octanol–water partition coefficient (Wildman–Crippen LogP) is 1.44. The Hall–Kier alpha value is 0.130. The van der Waals surface area contributed by atoms with Crippen molar-refractivity contribution in [3.05, 3.63) is 0 Å². The molecule has 2 nitrogen and oxygen atoms in total. The Kier molecular flexibility index (Phi) is 3.54. The molecular formula is C9H17N2PS. The Balaban J connectivity index is 2.75. The summed E-state index contributed by atoms with van der Waals surface area (Å²) in [5, 5.41) is 0. The van der Waals surface area contributed by atoms with Crippen LogP contribution in [0.5, 0.6) is 0 Å². The van der Waals surface area contributed by atoms with Crippen LogP contribution in [0.1, 0.15) is 6.42 Å². The van der Waals surface area contributed by atoms with Gasteiger partial charge in [0.25, 0.3) is 0 Å². The highest BCUT2D eigenvalue weighted by atomic mass is 32.4. The molecule has 1 fully saturated rings. The molecule has 0 bridgehead atoms. The van der Waals surface area contributed by atoms with Gasteiger partial charge in [-0.3, -0.25) is 9.34 Å². The second kappa shape index (κ2) is 4.11. The van der Waals surface area contributed by atoms with Gasteiger partial charge in [-0.25, -0.2) is 0 Å². The molecule has 1 heterocycles. The van der Waals surface area contributed by atoms with E-state index in [1.165, 1.54) is 0 Å². The first-order chi connectivity index (χ1) is 6.00. The minimum atomic E-state index is -1.42. The molecule has 1 saturated heterocycles. The monoisotopic (exact) mass is 216 g/mol. The normalized spacial score (nSPS) is 36.1. The van der Waals surface area contributed by atoms with Crippen molar-refractivity contribution in [1.82, 2.24) is 9.34 Å². The topological polar surface area (TPSA) is 6.48 Å². The fourth-order valence-electron chi connectivity index (χ4n) is 1.67. The van der Waals surface area contributed by atoms with Crippen LogP contribution in [-0.2, 0) is 11.8 Å². The van der Waals surface area contributed by atoms with Gasteiger partial charge in [0.1, 0.15) is 0 Å². The van der Waals surface area contributed by atoms with Crippen LogP contribution in [0.3, 0.4) is 0 Å². The second-order valence-corrected chi connectivity index (χ2v) is 8.74. The van der Waals surface area contributed by atoms with Gasteiger partial charge in [0.05, 0.1) is 6.34 Å². The molecule has 0 aromatic carbocycles. The Labute approximate surface area is 86.4 Å². The second-order valence-electron chi connectivity index (χ2n) is 3.73. The summed E-state index contributed by atoms with van der Waals surface area (Å²) >= 11 is 5.70. The molecule has 4 heteroatoms. The van der Waals surface area contributed by atoms with E-state index in [9.17, 15) is 0 Å². The summed E-state index contributed by atoms with van der Waals surface area (Å²) in [6, 6.07) is 0. The smallest absolute Gasteiger partial charge is 0.0768 e. The summed E-state index contributed by atoms with van der Waals surface area (Å²) in [5.41, 5.74) is 0. The molecule has 0 aromatic rings. The van der Waals surface area contributed by atoms with Crippen molar-refractivity contribution in [3.63, 3.8) is 0 Å². The zero-order chi connectivity index (χ0) is 10.1. The maximum atomic E-state index is 5.70. The molecule has 2 atom stereocenters. The van der Waals surface area contributed by atoms with Crippen molar-refractivity contribution < 1.29 is 0 Å². The van der Waals surface area contributed by atoms with Crippen LogP contribution in [0.15, 0.2) is 0 Å². The van der Waals surface area contributed by atoms with E-state index in [0.717, 1.165) is 19.1 Å². The van der Waals surface area contributed by atoms with E-state index in [-0.39, 0.29) is 0 Å². The zero-order valence-corrected chi connectivity index (χ0v) is 10.2. The fraction of sp³-hybridized carbons (Fsp3) is 0.778. The SMILES string of the molecule is C#CC1CCP(=S)(N(C)C)N(C)C1. The van der Waals surface area contributed by atoms with Crippen LogP contribution in [0, 0.1) is 18.3 Å². The summed E-state index contributed by atoms with van der Waals surface area (Å²) < 4.78 is 4.49. The van der Waals surface area contributed by atoms with Crippen molar-refractivity contribution >= 4 is 18.1 Å². The van der Waals surface area contributed by atoms with Gasteiger partial charge < -0.3 is 0 Å². The number of nitrogens with zero attached hydrogens (tertiary/aromatic N) is 2. The Morgan fingerprint density at radius 2 is 2.23 bits per heavy atom. The molecule has 0 aliphatic carbocycles. The highest BCUT2D eigenvalue weighted by Crippen LogP contribution is 2.54. The first-order valence-electron chi connectivity index (χ1n) is 4.45. The summed E-state index contributed by atoms with van der Waals surface area (Å²) in [6.07, 6.45) is 6.17. The lowest BCUT2D eigenvalue weighted by atomic mass is 10.1. The summed E-state index contributed by atoms with van der Waals surface area (Å²) in [7, 11) is 6.26. The summed E-state index contributed by atoms with van der Waals surface area (Å²) in [6.45, 7) is 0.964. The third-order valence-corrected chi connectivity index (χ3v) is 8.33. The van der Waals surface area contributed by atoms with Crippen molar-refractivity contribution in [2.75, 3.05) is 33.8 Å². The Bertz CT molecular complexity index is 269. The lowest BCUT2D eigenvalue weighted by Gasteiger charge is -2.42. The molecule has 2 unspecified atom stereocenters. The van der Waals surface area contributed by atoms with Crippen LogP contribution in [-0.4, -0.2) is 43.2 Å². The van der Waals surface area contributed by atoms with Gasteiger partial charge in [0.15, 0.2) is 0 Å². The van der Waals surface area contributed by atoms with E-state index < -0.39 is 6.34 Å². The number of rotatable bonds is 1. The van der Waals surface area contributed by atoms with E-state index in [0.29, 0.717) is 5.92 Å². The summed E-state index contributed by atoms with van der Waals surface area (Å²) in [5.74, 6) is 3.23. The van der Waals surface area contributed by atoms with Crippen LogP contribution < -0.4 is 0 Å². The molecule has 0 aromatic heterocycles. The molecule has 0 radical (unpaired) electrons. The fourth-order valence-corrected chi connectivity index (χ4v) is 4.64. The lowest BCUT2D eigenvalue weighted by molar-refractivity contribution is 0.407. The first-order valence-corrected chi connectivity index (χ1v) is 7.34. The number of terminal acetylenes is 1. The highest BCUT2D eigenvalue weighted by Gasteiger charge is 2.31. The quantitative estimate of drug-likeness (QED) is 0.484. The van der Waals surface area contributed by atoms with E-state index in [4.69, 9.17) is 18.2 Å². The lowest BCUT2D eigenvalue weighted by Crippen LogP contribution is -2.34. The van der Waals surface area contributed by atoms with Gasteiger partial charge in [-0.05, 0) is 27.6 Å². The van der Waals surface area contributed by atoms with E-state index in [1.807, 2.05) is 0 Å². The van der Waals surface area contributed by atoms with Gasteiger partial charge in [-0.1, -0.05) is 11.8 Å². The highest BCUT2D eigenvalue weighted by molar-refractivity contribution is 8.12. The molecule has 13 heavy (non-hydrogen) atoms. The van der Waals surface area contributed by atoms with Gasteiger partial charge >= 0.3 is 0 Å². The van der Waals surface area contributed by atoms with Crippen molar-refractivity contribution in [1.29, 1.82) is 0 Å². The Morgan fingerprint density at radius 1 is 1.62 bits per heavy atom. The third kappa shape index (κ3) is 2.14. The van der Waals surface area contributed by atoms with Gasteiger partial charge in [0.2, 0.25) is 0 Å². The van der Waals surface area contributed by atoms with Crippen molar-refractivity contribution in [3.8, 4) is 12.3 Å². The first kappa shape index (κ1) is 11.2. The molecular weight excluding hydrogens is 199 g/mol. The molecule has 1 rings (SSSR count). The molecule has 1 aliphatic heterocycles. The van der Waals surface area contributed by atoms with Gasteiger partial charge in [-0.15, -0.1) is 12.3 Å². The molecule has 0 N–H and O–H groups in total. The largest absolute Gasteiger partial charge is 0.270 e. The number of hydrogen-bond acceptors (Lipinski definition) is 1. The van der Waals surface area contributed by atoms with Crippen LogP contribution in [0.25, 0.3) is 0 Å². The van der Waals surface area contributed by atoms with Gasteiger partial charge in [-0.2, -0.15) is 0 Å². The van der Waals surface area contributed by atoms with Crippen LogP contribution in [0.2, 0.25) is 0 Å². The molecule has 0 spiro atoms. The standard InChI is InChI=1S/C9H17N2PS/c1-5-9-6-7-12(13,10(2)3)11(4)8-9/h1,9H,6-8H2,2-4H3. The minimum Gasteiger partial charge on any atom is -0.270 e. The average molecular weight is 216 g/mol. The molecule has 1 aliphatic rings. The van der Waals surface area contributed by atoms with E-state index >= 15 is 0 Å². The van der Waals surface area contributed by atoms with Crippen molar-refractivity contribution in [2.24, 2.45) is 5.92 Å². The minimum absolute atomic E-state index is 0.404. The third-order valence-electron chi connectivity index (χ3n) is 2.65. The van der Waals surface area contributed by atoms with E-state index in [1.54, 1.807) is 0 Å². The number of hydrogen-bond donors (Lipinski definition) is 0. The summed E-state index contributed by atoms with van der Waals surface area (Å²) in [4.78, 5) is 0. The van der Waals surface area contributed by atoms with Crippen LogP contribution in [0.4, 0.5) is 0 Å². The molecule has 74 valence electrons. The van der Waals surface area contributed by atoms with Gasteiger partial charge in [0, 0.05) is 18.6 Å². The maximum absolute atomic E-state index is 5.70. The van der Waals surface area contributed by atoms with E-state index in [2.05, 4.69) is 36.4 Å². The van der Waals surface area contributed by atoms with Crippen molar-refractivity contribution in [2.45, 2.75) is 6.42 Å². The average Bonchev–Trinajstić information content (AvgIpc) is 2.09.